The summed E-state index contributed by atoms with van der Waals surface area (Å²) < 4.78 is 17.8. The third kappa shape index (κ3) is 3.20. The molecule has 4 rings (SSSR count). The van der Waals surface area contributed by atoms with Crippen LogP contribution in [0.4, 0.5) is 4.39 Å². The molecule has 8 heteroatoms. The second-order valence-electron chi connectivity index (χ2n) is 6.13. The van der Waals surface area contributed by atoms with Crippen molar-refractivity contribution in [1.82, 2.24) is 24.3 Å². The van der Waals surface area contributed by atoms with E-state index < -0.39 is 5.82 Å². The molecule has 3 aromatic heterocycles. The van der Waals surface area contributed by atoms with E-state index in [0.717, 1.165) is 28.3 Å². The van der Waals surface area contributed by atoms with Crippen LogP contribution in [0.2, 0.25) is 0 Å². The molecular weight excluding hydrogens is 377 g/mol. The molecule has 0 aliphatic heterocycles. The number of aryl methyl sites for hydroxylation is 1. The molecule has 0 spiro atoms. The molecule has 3 heterocycles. The van der Waals surface area contributed by atoms with E-state index in [4.69, 9.17) is 0 Å². The number of aromatic nitrogens is 5. The molecule has 0 bridgehead atoms. The number of pyridine rings is 1. The van der Waals surface area contributed by atoms with E-state index in [2.05, 4.69) is 15.2 Å². The minimum absolute atomic E-state index is 0.190. The average Bonchev–Trinajstić information content (AvgIpc) is 3.12. The molecule has 0 fully saturated rings. The van der Waals surface area contributed by atoms with Crippen molar-refractivity contribution in [3.8, 4) is 16.8 Å². The van der Waals surface area contributed by atoms with Crippen LogP contribution in [0.1, 0.15) is 13.8 Å². The van der Waals surface area contributed by atoms with Crippen molar-refractivity contribution < 1.29 is 4.39 Å². The predicted molar refractivity (Wildman–Crippen MR) is 108 cm³/mol. The van der Waals surface area contributed by atoms with Gasteiger partial charge in [0.05, 0.1) is 18.2 Å². The second-order valence-corrected chi connectivity index (χ2v) is 7.47. The Balaban J connectivity index is 1.85. The fraction of sp³-hybridized carbons (Fsp3) is 0.200. The van der Waals surface area contributed by atoms with Gasteiger partial charge in [0.15, 0.2) is 5.65 Å². The number of thioether (sulfide) groups is 1. The molecular formula is C20H18FN5OS. The summed E-state index contributed by atoms with van der Waals surface area (Å²) in [4.78, 5) is 17.8. The van der Waals surface area contributed by atoms with E-state index in [1.54, 1.807) is 42.6 Å². The van der Waals surface area contributed by atoms with Gasteiger partial charge in [0.1, 0.15) is 11.3 Å². The summed E-state index contributed by atoms with van der Waals surface area (Å²) in [5, 5.41) is 8.23. The van der Waals surface area contributed by atoms with Crippen LogP contribution in [0.25, 0.3) is 28.0 Å². The lowest BCUT2D eigenvalue weighted by Gasteiger charge is -2.10. The Morgan fingerprint density at radius 3 is 2.79 bits per heavy atom. The number of benzene rings is 1. The predicted octanol–water partition coefficient (Wildman–Crippen LogP) is 3.92. The maximum Gasteiger partial charge on any atom is 0.256 e. The van der Waals surface area contributed by atoms with E-state index >= 15 is 0 Å². The van der Waals surface area contributed by atoms with Crippen molar-refractivity contribution in [2.75, 3.05) is 5.75 Å². The van der Waals surface area contributed by atoms with Crippen LogP contribution in [-0.4, -0.2) is 30.1 Å². The van der Waals surface area contributed by atoms with Gasteiger partial charge in [-0.15, -0.1) is 16.9 Å². The molecule has 0 N–H and O–H groups in total. The van der Waals surface area contributed by atoms with Crippen LogP contribution in [0, 0.1) is 5.82 Å². The molecule has 0 radical (unpaired) electrons. The fourth-order valence-corrected chi connectivity index (χ4v) is 3.77. The first-order chi connectivity index (χ1) is 13.6. The molecule has 0 amide bonds. The van der Waals surface area contributed by atoms with Crippen LogP contribution in [0.15, 0.2) is 58.7 Å². The van der Waals surface area contributed by atoms with E-state index in [0.29, 0.717) is 11.2 Å². The van der Waals surface area contributed by atoms with Gasteiger partial charge in [0.2, 0.25) is 0 Å². The third-order valence-corrected chi connectivity index (χ3v) is 5.34. The number of rotatable bonds is 5. The SMILES string of the molecule is CCSc1ccn(-c2cc(-c3cnnc4c3ncn4CC)ccc2F)c(=O)c1. The maximum atomic E-state index is 14.6. The molecule has 0 atom stereocenters. The first kappa shape index (κ1) is 18.4. The summed E-state index contributed by atoms with van der Waals surface area (Å²) >= 11 is 1.57. The number of hydrogen-bond donors (Lipinski definition) is 0. The highest BCUT2D eigenvalue weighted by Crippen LogP contribution is 2.28. The first-order valence-corrected chi connectivity index (χ1v) is 9.93. The Labute approximate surface area is 165 Å². The zero-order valence-electron chi connectivity index (χ0n) is 15.5. The largest absolute Gasteiger partial charge is 0.314 e. The average molecular weight is 395 g/mol. The molecule has 142 valence electrons. The van der Waals surface area contributed by atoms with Gasteiger partial charge in [-0.3, -0.25) is 9.36 Å². The number of nitrogens with zero attached hydrogens (tertiary/aromatic N) is 5. The molecule has 0 unspecified atom stereocenters. The summed E-state index contributed by atoms with van der Waals surface area (Å²) in [6.07, 6.45) is 4.92. The Bertz CT molecular complexity index is 1220. The highest BCUT2D eigenvalue weighted by molar-refractivity contribution is 7.99. The summed E-state index contributed by atoms with van der Waals surface area (Å²) in [5.74, 6) is 0.391. The van der Waals surface area contributed by atoms with Gasteiger partial charge in [0.25, 0.3) is 5.56 Å². The first-order valence-electron chi connectivity index (χ1n) is 8.94. The van der Waals surface area contributed by atoms with Crippen LogP contribution >= 0.6 is 11.8 Å². The van der Waals surface area contributed by atoms with Gasteiger partial charge in [-0.1, -0.05) is 13.0 Å². The highest BCUT2D eigenvalue weighted by Gasteiger charge is 2.14. The van der Waals surface area contributed by atoms with Crippen molar-refractivity contribution in [2.45, 2.75) is 25.3 Å². The van der Waals surface area contributed by atoms with Gasteiger partial charge in [-0.25, -0.2) is 9.37 Å². The second kappa shape index (κ2) is 7.55. The quantitative estimate of drug-likeness (QED) is 0.479. The van der Waals surface area contributed by atoms with Crippen LogP contribution in [-0.2, 0) is 6.54 Å². The molecule has 28 heavy (non-hydrogen) atoms. The molecule has 6 nitrogen and oxygen atoms in total. The normalized spacial score (nSPS) is 11.2. The number of fused-ring (bicyclic) bond motifs is 1. The van der Waals surface area contributed by atoms with Crippen molar-refractivity contribution in [2.24, 2.45) is 0 Å². The Morgan fingerprint density at radius 1 is 1.18 bits per heavy atom. The zero-order chi connectivity index (χ0) is 19.7. The lowest BCUT2D eigenvalue weighted by Crippen LogP contribution is -2.17. The van der Waals surface area contributed by atoms with Crippen LogP contribution in [0.5, 0.6) is 0 Å². The lowest BCUT2D eigenvalue weighted by atomic mass is 10.1. The van der Waals surface area contributed by atoms with Gasteiger partial charge < -0.3 is 4.57 Å². The summed E-state index contributed by atoms with van der Waals surface area (Å²) in [5.41, 5.74) is 2.74. The van der Waals surface area contributed by atoms with E-state index in [1.807, 2.05) is 24.5 Å². The standard InChI is InChI=1S/C20H18FN5OS/c1-3-25-12-22-19-15(11-23-24-20(19)25)13-5-6-16(21)17(9-13)26-8-7-14(28-4-2)10-18(26)27/h5-12H,3-4H2,1-2H3. The number of hydrogen-bond acceptors (Lipinski definition) is 5. The molecule has 0 aliphatic carbocycles. The van der Waals surface area contributed by atoms with Gasteiger partial charge in [-0.2, -0.15) is 5.10 Å². The third-order valence-electron chi connectivity index (χ3n) is 4.46. The molecule has 0 saturated carbocycles. The smallest absolute Gasteiger partial charge is 0.256 e. The Morgan fingerprint density at radius 2 is 2.04 bits per heavy atom. The minimum Gasteiger partial charge on any atom is -0.314 e. The van der Waals surface area contributed by atoms with Crippen molar-refractivity contribution in [3.05, 3.63) is 65.2 Å². The topological polar surface area (TPSA) is 65.6 Å². The van der Waals surface area contributed by atoms with E-state index in [9.17, 15) is 9.18 Å². The van der Waals surface area contributed by atoms with Crippen LogP contribution in [0.3, 0.4) is 0 Å². The van der Waals surface area contributed by atoms with E-state index in [-0.39, 0.29) is 11.2 Å². The Hall–Kier alpha value is -3.00. The monoisotopic (exact) mass is 395 g/mol. The summed E-state index contributed by atoms with van der Waals surface area (Å²) in [7, 11) is 0. The van der Waals surface area contributed by atoms with Crippen molar-refractivity contribution in [1.29, 1.82) is 0 Å². The van der Waals surface area contributed by atoms with Crippen molar-refractivity contribution in [3.63, 3.8) is 0 Å². The number of halogens is 1. The van der Waals surface area contributed by atoms with Crippen molar-refractivity contribution >= 4 is 22.9 Å². The maximum absolute atomic E-state index is 14.6. The molecule has 0 aliphatic rings. The minimum atomic E-state index is -0.473. The van der Waals surface area contributed by atoms with Gasteiger partial charge in [0, 0.05) is 29.3 Å². The zero-order valence-corrected chi connectivity index (χ0v) is 16.3. The highest BCUT2D eigenvalue weighted by atomic mass is 32.2. The lowest BCUT2D eigenvalue weighted by molar-refractivity contribution is 0.616. The number of imidazole rings is 1. The Kier molecular flexibility index (Phi) is 4.95. The van der Waals surface area contributed by atoms with Gasteiger partial charge >= 0.3 is 0 Å². The van der Waals surface area contributed by atoms with Gasteiger partial charge in [-0.05, 0) is 36.4 Å². The van der Waals surface area contributed by atoms with E-state index in [1.165, 1.54) is 16.7 Å². The fourth-order valence-electron chi connectivity index (χ4n) is 3.10. The molecule has 0 saturated heterocycles. The van der Waals surface area contributed by atoms with Crippen LogP contribution < -0.4 is 5.56 Å². The molecule has 4 aromatic rings. The summed E-state index contributed by atoms with van der Waals surface area (Å²) in [6, 6.07) is 8.00. The molecule has 1 aromatic carbocycles. The summed E-state index contributed by atoms with van der Waals surface area (Å²) in [6.45, 7) is 4.74.